The van der Waals surface area contributed by atoms with Crippen LogP contribution < -0.4 is 20.2 Å². The quantitative estimate of drug-likeness (QED) is 0.232. The lowest BCUT2D eigenvalue weighted by molar-refractivity contribution is -0.138. The second-order valence-corrected chi connectivity index (χ2v) is 13.1. The number of nitrogens with one attached hydrogen (secondary N) is 2. The summed E-state index contributed by atoms with van der Waals surface area (Å²) in [6, 6.07) is 19.0. The standard InChI is InChI=1S/C35H31Cl2N3O7/c1-46-21-9-4-19(5-10-21)35-26(33(44)40(34(35)45)39-28-13-6-20(36)16-27(28)37)17-25-23(11-12-24-29(25)32(43)38-31(24)42)30(35)18-2-7-22(8-3-18)47-15-14-41/h2-11,13,16,24-26,29-30,39,41H,12,14-15,17H2,1H3,(H,38,42,43)/t24-,25+,26-,29-,30-,35+/m0/s1. The molecule has 2 heterocycles. The zero-order valence-corrected chi connectivity index (χ0v) is 26.8. The number of nitrogens with zero attached hydrogens (tertiary/aromatic N) is 1. The molecule has 3 aromatic carbocycles. The molecule has 4 aliphatic rings. The predicted octanol–water partition coefficient (Wildman–Crippen LogP) is 4.65. The molecule has 2 aliphatic carbocycles. The van der Waals surface area contributed by atoms with Crippen molar-refractivity contribution in [2.24, 2.45) is 23.7 Å². The first-order valence-corrected chi connectivity index (χ1v) is 16.1. The molecular formula is C35H31Cl2N3O7. The number of benzene rings is 3. The van der Waals surface area contributed by atoms with Gasteiger partial charge in [-0.2, -0.15) is 5.01 Å². The smallest absolute Gasteiger partial charge is 0.260 e. The van der Waals surface area contributed by atoms with E-state index in [0.717, 1.165) is 16.1 Å². The molecule has 0 unspecified atom stereocenters. The Labute approximate surface area is 280 Å². The Balaban J connectivity index is 1.44. The van der Waals surface area contributed by atoms with Gasteiger partial charge in [0.05, 0.1) is 47.6 Å². The molecular weight excluding hydrogens is 645 g/mol. The van der Waals surface area contributed by atoms with Crippen LogP contribution >= 0.6 is 23.2 Å². The van der Waals surface area contributed by atoms with Gasteiger partial charge in [-0.3, -0.25) is 29.9 Å². The molecule has 4 amide bonds. The van der Waals surface area contributed by atoms with Gasteiger partial charge in [-0.1, -0.05) is 59.1 Å². The molecule has 0 radical (unpaired) electrons. The van der Waals surface area contributed by atoms with Gasteiger partial charge >= 0.3 is 0 Å². The van der Waals surface area contributed by atoms with Gasteiger partial charge in [0.25, 0.3) is 11.8 Å². The number of imide groups is 2. The fourth-order valence-electron chi connectivity index (χ4n) is 8.05. The third kappa shape index (κ3) is 4.89. The van der Waals surface area contributed by atoms with Crippen molar-refractivity contribution >= 4 is 52.5 Å². The summed E-state index contributed by atoms with van der Waals surface area (Å²) < 4.78 is 11.0. The summed E-state index contributed by atoms with van der Waals surface area (Å²) in [6.45, 7) is -0.0391. The zero-order chi connectivity index (χ0) is 33.0. The van der Waals surface area contributed by atoms with Gasteiger partial charge in [0.1, 0.15) is 18.1 Å². The van der Waals surface area contributed by atoms with Crippen molar-refractivity contribution in [3.8, 4) is 11.5 Å². The van der Waals surface area contributed by atoms with Crippen LogP contribution in [0.15, 0.2) is 78.4 Å². The van der Waals surface area contributed by atoms with Gasteiger partial charge in [-0.15, -0.1) is 0 Å². The first-order valence-electron chi connectivity index (χ1n) is 15.3. The molecule has 6 atom stereocenters. The minimum absolute atomic E-state index is 0.112. The monoisotopic (exact) mass is 675 g/mol. The van der Waals surface area contributed by atoms with Crippen molar-refractivity contribution in [2.45, 2.75) is 24.2 Å². The number of rotatable bonds is 8. The average Bonchev–Trinajstić information content (AvgIpc) is 3.49. The molecule has 47 heavy (non-hydrogen) atoms. The number of halogens is 2. The lowest BCUT2D eigenvalue weighted by Crippen LogP contribution is -2.53. The molecule has 0 spiro atoms. The van der Waals surface area contributed by atoms with Crippen molar-refractivity contribution in [3.63, 3.8) is 0 Å². The van der Waals surface area contributed by atoms with Crippen LogP contribution in [0.3, 0.4) is 0 Å². The van der Waals surface area contributed by atoms with Gasteiger partial charge in [0.15, 0.2) is 0 Å². The van der Waals surface area contributed by atoms with Crippen LogP contribution in [0.1, 0.15) is 29.9 Å². The van der Waals surface area contributed by atoms with E-state index in [1.54, 1.807) is 55.6 Å². The summed E-state index contributed by atoms with van der Waals surface area (Å²) in [7, 11) is 1.55. The molecule has 0 aromatic heterocycles. The topological polar surface area (TPSA) is 134 Å². The first-order chi connectivity index (χ1) is 22.7. The minimum Gasteiger partial charge on any atom is -0.497 e. The first kappa shape index (κ1) is 31.2. The molecule has 12 heteroatoms. The number of ether oxygens (including phenoxy) is 2. The van der Waals surface area contributed by atoms with Crippen molar-refractivity contribution in [3.05, 3.63) is 99.6 Å². The van der Waals surface area contributed by atoms with Crippen molar-refractivity contribution in [1.82, 2.24) is 10.3 Å². The number of carbonyl (C=O) groups is 4. The molecule has 3 fully saturated rings. The highest BCUT2D eigenvalue weighted by molar-refractivity contribution is 6.36. The average molecular weight is 677 g/mol. The van der Waals surface area contributed by atoms with Crippen LogP contribution in [0.5, 0.6) is 11.5 Å². The molecule has 3 N–H and O–H groups in total. The summed E-state index contributed by atoms with van der Waals surface area (Å²) in [5.74, 6) is -3.83. The van der Waals surface area contributed by atoms with E-state index in [1.807, 2.05) is 18.2 Å². The van der Waals surface area contributed by atoms with Crippen molar-refractivity contribution < 1.29 is 33.8 Å². The van der Waals surface area contributed by atoms with E-state index < -0.39 is 46.8 Å². The van der Waals surface area contributed by atoms with E-state index in [-0.39, 0.29) is 36.5 Å². The Morgan fingerprint density at radius 1 is 0.957 bits per heavy atom. The van der Waals surface area contributed by atoms with E-state index in [2.05, 4.69) is 10.7 Å². The number of carbonyl (C=O) groups excluding carboxylic acids is 4. The van der Waals surface area contributed by atoms with Gasteiger partial charge < -0.3 is 14.6 Å². The summed E-state index contributed by atoms with van der Waals surface area (Å²) in [5, 5.41) is 13.4. The number of hydrogen-bond donors (Lipinski definition) is 3. The molecule has 2 saturated heterocycles. The number of aliphatic hydroxyl groups is 1. The predicted molar refractivity (Wildman–Crippen MR) is 173 cm³/mol. The van der Waals surface area contributed by atoms with Crippen molar-refractivity contribution in [1.29, 1.82) is 0 Å². The number of anilines is 1. The Hall–Kier alpha value is -4.38. The number of allylic oxidation sites excluding steroid dienone is 2. The number of hydrazine groups is 1. The molecule has 3 aromatic rings. The van der Waals surface area contributed by atoms with E-state index in [0.29, 0.717) is 34.2 Å². The number of hydrogen-bond acceptors (Lipinski definition) is 8. The summed E-state index contributed by atoms with van der Waals surface area (Å²) in [5.41, 5.74) is 4.02. The third-order valence-corrected chi connectivity index (χ3v) is 10.5. The molecule has 7 rings (SSSR count). The van der Waals surface area contributed by atoms with Gasteiger partial charge in [-0.05, 0) is 72.4 Å². The number of amides is 4. The number of aliphatic hydroxyl groups excluding tert-OH is 1. The lowest BCUT2D eigenvalue weighted by atomic mass is 9.49. The fourth-order valence-corrected chi connectivity index (χ4v) is 8.50. The Bertz CT molecular complexity index is 1810. The van der Waals surface area contributed by atoms with Gasteiger partial charge in [-0.25, -0.2) is 0 Å². The van der Waals surface area contributed by atoms with E-state index in [9.17, 15) is 19.5 Å². The van der Waals surface area contributed by atoms with Crippen LogP contribution in [0, 0.1) is 23.7 Å². The molecule has 0 bridgehead atoms. The van der Waals surface area contributed by atoms with Gasteiger partial charge in [0.2, 0.25) is 11.8 Å². The molecule has 2 aliphatic heterocycles. The SMILES string of the molecule is COc1ccc([C@@]23C(=O)N(Nc4ccc(Cl)cc4Cl)C(=O)[C@@H]2C[C@@H]2C(=CC[C@@H]4C(=O)NC(=O)[C@@H]42)[C@@H]3c2ccc(OCCO)cc2)cc1. The molecule has 1 saturated carbocycles. The molecule has 10 nitrogen and oxygen atoms in total. The van der Waals surface area contributed by atoms with Crippen molar-refractivity contribution in [2.75, 3.05) is 25.7 Å². The maximum atomic E-state index is 15.1. The van der Waals surface area contributed by atoms with Crippen LogP contribution in [0.4, 0.5) is 5.69 Å². The lowest BCUT2D eigenvalue weighted by Gasteiger charge is -2.50. The van der Waals surface area contributed by atoms with E-state index in [1.165, 1.54) is 6.07 Å². The fraction of sp³-hybridized carbons (Fsp3) is 0.314. The highest BCUT2D eigenvalue weighted by Crippen LogP contribution is 2.63. The summed E-state index contributed by atoms with van der Waals surface area (Å²) >= 11 is 12.6. The van der Waals surface area contributed by atoms with Crippen LogP contribution in [0.25, 0.3) is 0 Å². The largest absolute Gasteiger partial charge is 0.497 e. The van der Waals surface area contributed by atoms with E-state index in [4.69, 9.17) is 32.7 Å². The van der Waals surface area contributed by atoms with Gasteiger partial charge in [0, 0.05) is 10.9 Å². The van der Waals surface area contributed by atoms with E-state index >= 15 is 4.79 Å². The van der Waals surface area contributed by atoms with Crippen LogP contribution in [-0.2, 0) is 24.6 Å². The second kappa shape index (κ2) is 12.0. The summed E-state index contributed by atoms with van der Waals surface area (Å²) in [4.78, 5) is 55.8. The minimum atomic E-state index is -1.45. The van der Waals surface area contributed by atoms with Crippen LogP contribution in [0.2, 0.25) is 10.0 Å². The highest BCUT2D eigenvalue weighted by atomic mass is 35.5. The Kier molecular flexibility index (Phi) is 7.98. The Morgan fingerprint density at radius 2 is 1.68 bits per heavy atom. The second-order valence-electron chi connectivity index (χ2n) is 12.2. The molecule has 242 valence electrons. The van der Waals surface area contributed by atoms with Crippen LogP contribution in [-0.4, -0.2) is 54.1 Å². The third-order valence-electron chi connectivity index (χ3n) is 10.00. The normalized spacial score (nSPS) is 27.9. The summed E-state index contributed by atoms with van der Waals surface area (Å²) in [6.07, 6.45) is 2.48. The Morgan fingerprint density at radius 3 is 2.36 bits per heavy atom. The highest BCUT2D eigenvalue weighted by Gasteiger charge is 2.70. The number of fused-ring (bicyclic) bond motifs is 4. The number of methoxy groups -OCH3 is 1. The zero-order valence-electron chi connectivity index (χ0n) is 25.2. The maximum Gasteiger partial charge on any atom is 0.260 e. The maximum absolute atomic E-state index is 15.1.